The van der Waals surface area contributed by atoms with Crippen molar-refractivity contribution >= 4 is 11.7 Å². The zero-order valence-corrected chi connectivity index (χ0v) is 23.1. The van der Waals surface area contributed by atoms with Crippen molar-refractivity contribution in [2.45, 2.75) is 71.8 Å². The SMILES string of the molecule is CCCc1on(CC(=O)c2cc(OCCCC(N)=O)c(OC)c(C(C)(C)C)c2)c(=N)c1Cc1ccccc1. The fourth-order valence-electron chi connectivity index (χ4n) is 4.32. The van der Waals surface area contributed by atoms with Gasteiger partial charge in [0.25, 0.3) is 0 Å². The first-order valence-corrected chi connectivity index (χ1v) is 13.0. The van der Waals surface area contributed by atoms with E-state index in [-0.39, 0.29) is 36.3 Å². The second-order valence-corrected chi connectivity index (χ2v) is 10.4. The number of carbonyl (C=O) groups excluding carboxylic acids is 2. The summed E-state index contributed by atoms with van der Waals surface area (Å²) in [6, 6.07) is 13.4. The van der Waals surface area contributed by atoms with Crippen LogP contribution in [0.2, 0.25) is 0 Å². The summed E-state index contributed by atoms with van der Waals surface area (Å²) in [6.45, 7) is 8.31. The molecule has 8 nitrogen and oxygen atoms in total. The first-order valence-electron chi connectivity index (χ1n) is 13.0. The topological polar surface area (TPSA) is 121 Å². The van der Waals surface area contributed by atoms with Gasteiger partial charge < -0.3 is 19.7 Å². The van der Waals surface area contributed by atoms with E-state index in [9.17, 15) is 9.59 Å². The summed E-state index contributed by atoms with van der Waals surface area (Å²) in [5.41, 5.74) is 8.26. The molecule has 0 atom stereocenters. The van der Waals surface area contributed by atoms with Gasteiger partial charge >= 0.3 is 0 Å². The molecule has 0 spiro atoms. The third kappa shape index (κ3) is 7.15. The maximum Gasteiger partial charge on any atom is 0.217 e. The zero-order chi connectivity index (χ0) is 27.9. The van der Waals surface area contributed by atoms with Gasteiger partial charge in [-0.3, -0.25) is 15.0 Å². The number of methoxy groups -OCH3 is 1. The van der Waals surface area contributed by atoms with Crippen molar-refractivity contribution in [3.8, 4) is 11.5 Å². The van der Waals surface area contributed by atoms with E-state index in [1.54, 1.807) is 13.2 Å². The molecule has 0 saturated heterocycles. The van der Waals surface area contributed by atoms with Gasteiger partial charge in [-0.05, 0) is 36.0 Å². The number of amides is 1. The summed E-state index contributed by atoms with van der Waals surface area (Å²) < 4.78 is 19.0. The lowest BCUT2D eigenvalue weighted by Gasteiger charge is -2.25. The molecule has 3 rings (SSSR count). The van der Waals surface area contributed by atoms with E-state index in [4.69, 9.17) is 25.1 Å². The second kappa shape index (κ2) is 12.6. The van der Waals surface area contributed by atoms with Crippen LogP contribution < -0.4 is 20.7 Å². The number of nitrogens with two attached hydrogens (primary N) is 1. The van der Waals surface area contributed by atoms with Crippen molar-refractivity contribution in [2.24, 2.45) is 5.73 Å². The van der Waals surface area contributed by atoms with E-state index < -0.39 is 5.91 Å². The normalized spacial score (nSPS) is 11.4. The third-order valence-corrected chi connectivity index (χ3v) is 6.29. The van der Waals surface area contributed by atoms with Crippen LogP contribution in [0.3, 0.4) is 0 Å². The van der Waals surface area contributed by atoms with Gasteiger partial charge in [0.05, 0.1) is 13.7 Å². The predicted molar refractivity (Wildman–Crippen MR) is 146 cm³/mol. The summed E-state index contributed by atoms with van der Waals surface area (Å²) in [7, 11) is 1.57. The minimum Gasteiger partial charge on any atom is -0.493 e. The minimum absolute atomic E-state index is 0.110. The molecule has 0 unspecified atom stereocenters. The smallest absolute Gasteiger partial charge is 0.217 e. The average Bonchev–Trinajstić information content (AvgIpc) is 3.15. The first kappa shape index (κ1) is 28.8. The lowest BCUT2D eigenvalue weighted by molar-refractivity contribution is -0.118. The molecule has 1 aromatic heterocycles. The Morgan fingerprint density at radius 3 is 2.45 bits per heavy atom. The van der Waals surface area contributed by atoms with E-state index in [0.717, 1.165) is 28.9 Å². The Bertz CT molecular complexity index is 1320. The number of aryl methyl sites for hydroxylation is 1. The lowest BCUT2D eigenvalue weighted by Crippen LogP contribution is -2.23. The van der Waals surface area contributed by atoms with Gasteiger partial charge in [-0.15, -0.1) is 0 Å². The summed E-state index contributed by atoms with van der Waals surface area (Å²) in [4.78, 5) is 24.6. The molecule has 0 aliphatic carbocycles. The van der Waals surface area contributed by atoms with Crippen molar-refractivity contribution in [3.05, 3.63) is 76.0 Å². The molecule has 8 heteroatoms. The largest absolute Gasteiger partial charge is 0.493 e. The van der Waals surface area contributed by atoms with E-state index in [2.05, 4.69) is 6.92 Å². The van der Waals surface area contributed by atoms with Gasteiger partial charge in [0, 0.05) is 36.0 Å². The Labute approximate surface area is 224 Å². The van der Waals surface area contributed by atoms with Crippen LogP contribution in [-0.4, -0.2) is 30.1 Å². The molecule has 0 bridgehead atoms. The lowest BCUT2D eigenvalue weighted by atomic mass is 9.84. The van der Waals surface area contributed by atoms with Gasteiger partial charge in [-0.1, -0.05) is 58.0 Å². The molecule has 0 aliphatic rings. The molecule has 204 valence electrons. The van der Waals surface area contributed by atoms with Crippen LogP contribution in [0.25, 0.3) is 0 Å². The summed E-state index contributed by atoms with van der Waals surface area (Å²) in [6.07, 6.45) is 2.79. The van der Waals surface area contributed by atoms with Crippen molar-refractivity contribution in [2.75, 3.05) is 13.7 Å². The Morgan fingerprint density at radius 2 is 1.84 bits per heavy atom. The van der Waals surface area contributed by atoms with Crippen LogP contribution in [0.1, 0.15) is 79.8 Å². The molecule has 0 aliphatic heterocycles. The van der Waals surface area contributed by atoms with Crippen molar-refractivity contribution in [1.29, 1.82) is 5.41 Å². The number of ketones is 1. The molecule has 1 amide bonds. The molecule has 0 radical (unpaired) electrons. The highest BCUT2D eigenvalue weighted by Gasteiger charge is 2.26. The molecule has 3 N–H and O–H groups in total. The second-order valence-electron chi connectivity index (χ2n) is 10.4. The number of Topliss-reactive ketones (excluding diaryl/α,β-unsaturated/α-hetero) is 1. The van der Waals surface area contributed by atoms with Crippen molar-refractivity contribution in [1.82, 2.24) is 4.74 Å². The quantitative estimate of drug-likeness (QED) is 0.244. The number of primary amides is 1. The van der Waals surface area contributed by atoms with Gasteiger partial charge in [0.15, 0.2) is 22.8 Å². The fourth-order valence-corrected chi connectivity index (χ4v) is 4.32. The molecule has 3 aromatic rings. The predicted octanol–water partition coefficient (Wildman–Crippen LogP) is 4.94. The summed E-state index contributed by atoms with van der Waals surface area (Å²) >= 11 is 0. The molecular weight excluding hydrogens is 482 g/mol. The Balaban J connectivity index is 1.94. The zero-order valence-electron chi connectivity index (χ0n) is 23.1. The van der Waals surface area contributed by atoms with E-state index in [0.29, 0.717) is 36.3 Å². The van der Waals surface area contributed by atoms with Crippen LogP contribution in [-0.2, 0) is 29.6 Å². The van der Waals surface area contributed by atoms with Gasteiger partial charge in [-0.2, -0.15) is 4.74 Å². The standard InChI is InChI=1S/C30H39N3O5/c1-6-11-25-22(16-20-12-8-7-9-13-20)29(32)33(38-25)19-24(34)21-17-23(30(2,3)4)28(36-5)26(18-21)37-15-10-14-27(31)35/h7-9,12-13,17-18,32H,6,10-11,14-16,19H2,1-5H3,(H2,31,35). The van der Waals surface area contributed by atoms with E-state index in [1.807, 2.05) is 57.2 Å². The van der Waals surface area contributed by atoms with Crippen LogP contribution in [0.15, 0.2) is 47.0 Å². The monoisotopic (exact) mass is 521 g/mol. The van der Waals surface area contributed by atoms with Gasteiger partial charge in [0.1, 0.15) is 12.3 Å². The minimum atomic E-state index is -0.393. The van der Waals surface area contributed by atoms with Crippen LogP contribution >= 0.6 is 0 Å². The molecule has 0 saturated carbocycles. The highest BCUT2D eigenvalue weighted by atomic mass is 16.5. The molecule has 38 heavy (non-hydrogen) atoms. The summed E-state index contributed by atoms with van der Waals surface area (Å²) in [5.74, 6) is 1.12. The number of nitrogens with zero attached hydrogens (tertiary/aromatic N) is 1. The third-order valence-electron chi connectivity index (χ3n) is 6.29. The Hall–Kier alpha value is -3.81. The number of hydrogen-bond acceptors (Lipinski definition) is 6. The molecule has 1 heterocycles. The van der Waals surface area contributed by atoms with E-state index >= 15 is 0 Å². The van der Waals surface area contributed by atoms with Gasteiger partial charge in [0.2, 0.25) is 5.91 Å². The highest BCUT2D eigenvalue weighted by Crippen LogP contribution is 2.40. The number of ether oxygens (including phenoxy) is 2. The van der Waals surface area contributed by atoms with Crippen molar-refractivity contribution in [3.63, 3.8) is 0 Å². The number of nitrogens with one attached hydrogen (secondary N) is 1. The first-order chi connectivity index (χ1) is 18.0. The molecule has 2 aromatic carbocycles. The van der Waals surface area contributed by atoms with Gasteiger partial charge in [-0.25, -0.2) is 0 Å². The van der Waals surface area contributed by atoms with E-state index in [1.165, 1.54) is 4.74 Å². The Morgan fingerprint density at radius 1 is 1.13 bits per heavy atom. The van der Waals surface area contributed by atoms with Crippen molar-refractivity contribution < 1.29 is 23.6 Å². The maximum absolute atomic E-state index is 13.5. The average molecular weight is 522 g/mol. The highest BCUT2D eigenvalue weighted by molar-refractivity contribution is 5.97. The fraction of sp³-hybridized carbons (Fsp3) is 0.433. The number of carbonyl (C=O) groups is 2. The number of rotatable bonds is 13. The molecular formula is C30H39N3O5. The van der Waals surface area contributed by atoms with Crippen LogP contribution in [0.4, 0.5) is 0 Å². The molecule has 0 fully saturated rings. The number of aromatic nitrogens is 1. The summed E-state index contributed by atoms with van der Waals surface area (Å²) in [5, 5.41) is 8.78. The van der Waals surface area contributed by atoms with Crippen LogP contribution in [0, 0.1) is 5.41 Å². The van der Waals surface area contributed by atoms with Crippen LogP contribution in [0.5, 0.6) is 11.5 Å². The number of hydrogen-bond donors (Lipinski definition) is 2. The Kier molecular flexibility index (Phi) is 9.55. The maximum atomic E-state index is 13.5. The number of benzene rings is 2.